The Kier molecular flexibility index (Phi) is 13.3. The van der Waals surface area contributed by atoms with Crippen LogP contribution in [0.3, 0.4) is 0 Å². The van der Waals surface area contributed by atoms with E-state index in [2.05, 4.69) is 278 Å². The summed E-state index contributed by atoms with van der Waals surface area (Å²) >= 11 is 0. The molecule has 0 bridgehead atoms. The summed E-state index contributed by atoms with van der Waals surface area (Å²) in [6.45, 7) is 19.8. The van der Waals surface area contributed by atoms with Crippen molar-refractivity contribution in [1.29, 1.82) is 5.26 Å². The number of nitrogens with zero attached hydrogens (tertiary/aromatic N) is 4. The second kappa shape index (κ2) is 25.3. The van der Waals surface area contributed by atoms with Crippen LogP contribution in [0.4, 0.5) is 34.1 Å². The van der Waals surface area contributed by atoms with Gasteiger partial charge < -0.3 is 32.0 Å². The van der Waals surface area contributed by atoms with E-state index in [1.807, 2.05) is 72.8 Å². The predicted molar refractivity (Wildman–Crippen MR) is 492 cm³/mol. The molecule has 118 heavy (non-hydrogen) atoms. The quantitative estimate of drug-likeness (QED) is 0.140. The van der Waals surface area contributed by atoms with Gasteiger partial charge in [-0.05, 0) is 186 Å². The molecule has 2 aliphatic rings. The highest BCUT2D eigenvalue weighted by Gasteiger charge is 2.47. The minimum Gasteiger partial charge on any atom is -0.456 e. The largest absolute Gasteiger partial charge is 0.456 e. The molecular weight excluding hydrogens is 1440 g/mol. The molecule has 16 aromatic carbocycles. The molecule has 0 saturated carbocycles. The van der Waals surface area contributed by atoms with Crippen molar-refractivity contribution < 1.29 is 27.3 Å². The molecule has 2 aliphatic heterocycles. The summed E-state index contributed by atoms with van der Waals surface area (Å²) in [6, 6.07) is 95.3. The third-order valence-corrected chi connectivity index (χ3v) is 24.7. The number of furan rings is 4. The zero-order chi connectivity index (χ0) is 85.6. The van der Waals surface area contributed by atoms with Gasteiger partial charge in [0.25, 0.3) is 6.71 Å². The first kappa shape index (κ1) is 62.1. The molecule has 7 heterocycles. The third-order valence-electron chi connectivity index (χ3n) is 24.7. The van der Waals surface area contributed by atoms with Crippen LogP contribution in [0.2, 0.25) is 0 Å². The molecule has 0 aliphatic carbocycles. The monoisotopic (exact) mass is 1530 g/mol. The van der Waals surface area contributed by atoms with Gasteiger partial charge in [0.05, 0.1) is 54.4 Å². The molecule has 0 amide bonds. The number of anilines is 6. The summed E-state index contributed by atoms with van der Waals surface area (Å²) < 4.78 is 98.9. The fraction of sp³-hybridized carbons (Fsp3) is 0.110. The van der Waals surface area contributed by atoms with Crippen LogP contribution in [0.15, 0.2) is 333 Å². The first-order valence-electron chi connectivity index (χ1n) is 43.9. The molecule has 5 aromatic heterocycles. The molecular formula is C109H79BN4O4. The van der Waals surface area contributed by atoms with E-state index in [9.17, 15) is 14.9 Å². The highest BCUT2D eigenvalue weighted by molar-refractivity contribution is 7.00. The standard InChI is InChI=1S/C109H79BN4O4/c1-107(2,3)68-53-67(54-69(56-68)108(4,5)6)66-47-51-88-85(55-66)110-84-49-48-71(112-86-39-21-16-32-72(86)81-52-63(62-111)46-50-87(81)112)59-89(84)114(104-83(74-38-27-45-97-99(74)76-34-18-23-41-93(76)116-97)61-80(65-30-14-11-15-31-65)106-101(104)78-36-20-25-43-95(78)118-106)91-58-70(109(7,8)9)57-90(102(91)110)113(88)103-82(73-37-26-44-96-98(73)75-33-17-22-40-92(75)115-96)60-79(64-28-12-10-13-29-64)105-100(103)77-35-19-24-42-94(77)117-105/h10-61H,1-9H3/i16D,21D,32D,39D,46D,50D,52D. The van der Waals surface area contributed by atoms with Gasteiger partial charge in [-0.15, -0.1) is 0 Å². The Hall–Kier alpha value is -14.3. The average molecular weight is 1530 g/mol. The van der Waals surface area contributed by atoms with Gasteiger partial charge in [-0.25, -0.2) is 0 Å². The van der Waals surface area contributed by atoms with Crippen molar-refractivity contribution in [2.24, 2.45) is 0 Å². The molecule has 23 rings (SSSR count). The van der Waals surface area contributed by atoms with Gasteiger partial charge >= 0.3 is 0 Å². The molecule has 0 N–H and O–H groups in total. The van der Waals surface area contributed by atoms with Gasteiger partial charge in [0.2, 0.25) is 0 Å². The van der Waals surface area contributed by atoms with Crippen LogP contribution in [-0.2, 0) is 16.2 Å². The van der Waals surface area contributed by atoms with Crippen molar-refractivity contribution in [3.63, 3.8) is 0 Å². The van der Waals surface area contributed by atoms with Crippen molar-refractivity contribution in [3.8, 4) is 67.4 Å². The maximum Gasteiger partial charge on any atom is 0.252 e. The topological polar surface area (TPSA) is 87.8 Å². The number of nitriles is 1. The first-order valence-corrected chi connectivity index (χ1v) is 40.4. The van der Waals surface area contributed by atoms with E-state index >= 15 is 0 Å². The Morgan fingerprint density at radius 1 is 0.331 bits per heavy atom. The van der Waals surface area contributed by atoms with Crippen LogP contribution >= 0.6 is 0 Å². The second-order valence-corrected chi connectivity index (χ2v) is 34.8. The number of aromatic nitrogens is 1. The number of benzene rings is 16. The van der Waals surface area contributed by atoms with E-state index in [4.69, 9.17) is 17.7 Å². The van der Waals surface area contributed by atoms with E-state index in [0.717, 1.165) is 166 Å². The lowest BCUT2D eigenvalue weighted by Gasteiger charge is -2.46. The summed E-state index contributed by atoms with van der Waals surface area (Å²) in [5.41, 5.74) is 24.7. The number of hydrogen-bond donors (Lipinski definition) is 0. The van der Waals surface area contributed by atoms with Crippen LogP contribution in [0, 0.1) is 11.3 Å². The SMILES string of the molecule is [2H]c1c([2H])c([2H])c2c(c1[2H])c1c([2H])c(C#N)c([2H])c([2H])c1n2-c1ccc2c(c1)N(c1c(-c3cccc4oc5ccccc5c34)cc(-c3ccccc3)c3oc4ccccc4c13)c1cc(C(C)(C)C)cc3c1B2c1cc(-c2cc(C(C)(C)C)cc(C(C)(C)C)c2)ccc1N3c1c(-c2cccc3oc4ccccc4c23)cc(-c2ccccc2)c2oc3ccccc3c12. The minimum atomic E-state index is -0.650. The predicted octanol–water partition coefficient (Wildman–Crippen LogP) is 28.6. The lowest BCUT2D eigenvalue weighted by atomic mass is 9.33. The van der Waals surface area contributed by atoms with E-state index in [1.165, 1.54) is 11.1 Å². The normalized spacial score (nSPS) is 13.9. The highest BCUT2D eigenvalue weighted by Crippen LogP contribution is 2.59. The summed E-state index contributed by atoms with van der Waals surface area (Å²) in [7, 11) is 0. The number of rotatable bonds is 8. The molecule has 8 nitrogen and oxygen atoms in total. The lowest BCUT2D eigenvalue weighted by Crippen LogP contribution is -2.61. The molecule has 21 aromatic rings. The fourth-order valence-electron chi connectivity index (χ4n) is 19.0. The molecule has 0 spiro atoms. The van der Waals surface area contributed by atoms with Gasteiger partial charge in [-0.3, -0.25) is 0 Å². The lowest BCUT2D eigenvalue weighted by molar-refractivity contribution is 0.569. The Morgan fingerprint density at radius 2 is 0.797 bits per heavy atom. The molecule has 562 valence electrons. The highest BCUT2D eigenvalue weighted by atomic mass is 16.3. The maximum absolute atomic E-state index is 10.8. The molecule has 9 heteroatoms. The fourth-order valence-corrected chi connectivity index (χ4v) is 19.0. The maximum atomic E-state index is 10.8. The molecule has 0 unspecified atom stereocenters. The minimum absolute atomic E-state index is 0.0150. The molecule has 0 fully saturated rings. The van der Waals surface area contributed by atoms with E-state index in [-0.39, 0.29) is 38.2 Å². The van der Waals surface area contributed by atoms with Crippen LogP contribution in [0.5, 0.6) is 0 Å². The number of fused-ring (bicyclic) bond motifs is 19. The van der Waals surface area contributed by atoms with Crippen molar-refractivity contribution in [2.45, 2.75) is 78.6 Å². The second-order valence-electron chi connectivity index (χ2n) is 34.8. The third kappa shape index (κ3) is 10.3. The molecule has 0 atom stereocenters. The Balaban J connectivity index is 0.950. The van der Waals surface area contributed by atoms with Crippen LogP contribution < -0.4 is 26.2 Å². The van der Waals surface area contributed by atoms with Gasteiger partial charge in [0.1, 0.15) is 44.7 Å². The summed E-state index contributed by atoms with van der Waals surface area (Å²) in [6.07, 6.45) is 0. The van der Waals surface area contributed by atoms with Gasteiger partial charge in [0.15, 0.2) is 0 Å². The van der Waals surface area contributed by atoms with Crippen LogP contribution in [-0.4, -0.2) is 11.3 Å². The average Bonchev–Trinajstić information content (AvgIpc) is 1.59. The summed E-state index contributed by atoms with van der Waals surface area (Å²) in [5, 5.41) is 17.9. The summed E-state index contributed by atoms with van der Waals surface area (Å²) in [4.78, 5) is 4.98. The van der Waals surface area contributed by atoms with Gasteiger partial charge in [-0.2, -0.15) is 5.26 Å². The van der Waals surface area contributed by atoms with Gasteiger partial charge in [-0.1, -0.05) is 275 Å². The number of hydrogen-bond acceptors (Lipinski definition) is 7. The van der Waals surface area contributed by atoms with Crippen molar-refractivity contribution in [3.05, 3.63) is 338 Å². The Bertz CT molecular complexity index is 8340. The Morgan fingerprint density at radius 3 is 1.32 bits per heavy atom. The van der Waals surface area contributed by atoms with Gasteiger partial charge in [0, 0.05) is 93.8 Å². The van der Waals surface area contributed by atoms with Crippen LogP contribution in [0.25, 0.3) is 171 Å². The van der Waals surface area contributed by atoms with Crippen molar-refractivity contribution in [2.75, 3.05) is 9.80 Å². The van der Waals surface area contributed by atoms with Crippen LogP contribution in [0.1, 0.15) is 94.2 Å². The zero-order valence-electron chi connectivity index (χ0n) is 73.5. The summed E-state index contributed by atoms with van der Waals surface area (Å²) in [5.74, 6) is 0. The van der Waals surface area contributed by atoms with E-state index in [1.54, 1.807) is 4.57 Å². The smallest absolute Gasteiger partial charge is 0.252 e. The molecule has 0 radical (unpaired) electrons. The zero-order valence-corrected chi connectivity index (χ0v) is 66.5. The van der Waals surface area contributed by atoms with E-state index < -0.39 is 54.4 Å². The Labute approximate surface area is 693 Å². The van der Waals surface area contributed by atoms with Crippen molar-refractivity contribution in [1.82, 2.24) is 4.57 Å². The number of para-hydroxylation sites is 5. The van der Waals surface area contributed by atoms with E-state index in [0.29, 0.717) is 39.3 Å². The van der Waals surface area contributed by atoms with Crippen molar-refractivity contribution >= 4 is 167 Å². The first-order chi connectivity index (χ1) is 60.3. The molecule has 0 saturated heterocycles.